The molecule has 6 nitrogen and oxygen atoms in total. The predicted molar refractivity (Wildman–Crippen MR) is 79.0 cm³/mol. The van der Waals surface area contributed by atoms with Crippen LogP contribution in [0.4, 0.5) is 5.82 Å². The maximum Gasteiger partial charge on any atom is 0.335 e. The van der Waals surface area contributed by atoms with E-state index in [0.29, 0.717) is 25.6 Å². The fourth-order valence-corrected chi connectivity index (χ4v) is 2.27. The summed E-state index contributed by atoms with van der Waals surface area (Å²) in [5.74, 6) is -0.231. The molecule has 2 N–H and O–H groups in total. The van der Waals surface area contributed by atoms with E-state index >= 15 is 0 Å². The van der Waals surface area contributed by atoms with Crippen LogP contribution < -0.4 is 5.32 Å². The lowest BCUT2D eigenvalue weighted by Crippen LogP contribution is -2.39. The third kappa shape index (κ3) is 3.71. The summed E-state index contributed by atoms with van der Waals surface area (Å²) in [6, 6.07) is 3.16. The van der Waals surface area contributed by atoms with Crippen LogP contribution in [0.15, 0.2) is 12.1 Å². The van der Waals surface area contributed by atoms with E-state index in [1.807, 2.05) is 13.8 Å². The molecule has 1 fully saturated rings. The molecule has 1 aromatic rings. The molecule has 0 saturated carbocycles. The molecule has 0 bridgehead atoms. The monoisotopic (exact) mass is 294 g/mol. The van der Waals surface area contributed by atoms with Crippen LogP contribution in [0.5, 0.6) is 0 Å². The summed E-state index contributed by atoms with van der Waals surface area (Å²) in [7, 11) is 1.66. The number of rotatable bonds is 6. The van der Waals surface area contributed by atoms with Gasteiger partial charge in [-0.1, -0.05) is 13.8 Å². The van der Waals surface area contributed by atoms with Crippen LogP contribution in [0.3, 0.4) is 0 Å². The molecule has 2 rings (SSSR count). The average molecular weight is 294 g/mol. The second-order valence-electron chi connectivity index (χ2n) is 5.67. The van der Waals surface area contributed by atoms with Gasteiger partial charge in [-0.15, -0.1) is 0 Å². The molecule has 1 aliphatic rings. The van der Waals surface area contributed by atoms with Gasteiger partial charge < -0.3 is 19.9 Å². The van der Waals surface area contributed by atoms with Gasteiger partial charge in [0.1, 0.15) is 11.4 Å². The van der Waals surface area contributed by atoms with Crippen molar-refractivity contribution in [3.05, 3.63) is 23.4 Å². The topological polar surface area (TPSA) is 80.7 Å². The largest absolute Gasteiger partial charge is 0.478 e. The minimum absolute atomic E-state index is 0.163. The van der Waals surface area contributed by atoms with Gasteiger partial charge in [0.05, 0.1) is 12.2 Å². The zero-order chi connectivity index (χ0) is 15.5. The highest BCUT2D eigenvalue weighted by atomic mass is 16.5. The number of aromatic carboxylic acids is 1. The molecule has 1 atom stereocenters. The van der Waals surface area contributed by atoms with Crippen molar-refractivity contribution >= 4 is 11.8 Å². The molecule has 0 amide bonds. The van der Waals surface area contributed by atoms with E-state index in [0.717, 1.165) is 12.1 Å². The Balaban J connectivity index is 2.17. The minimum Gasteiger partial charge on any atom is -0.478 e. The number of aromatic nitrogens is 1. The first-order valence-electron chi connectivity index (χ1n) is 7.08. The molecule has 0 aliphatic carbocycles. The first-order valence-corrected chi connectivity index (χ1v) is 7.08. The fourth-order valence-electron chi connectivity index (χ4n) is 2.27. The maximum atomic E-state index is 11.2. The molecule has 0 aromatic carbocycles. The Kier molecular flexibility index (Phi) is 4.80. The Morgan fingerprint density at radius 2 is 2.33 bits per heavy atom. The summed E-state index contributed by atoms with van der Waals surface area (Å²) >= 11 is 0. The molecule has 1 aliphatic heterocycles. The summed E-state index contributed by atoms with van der Waals surface area (Å²) in [6.45, 7) is 5.72. The van der Waals surface area contributed by atoms with Crippen LogP contribution in [0, 0.1) is 0 Å². The number of hydrogen-bond acceptors (Lipinski definition) is 5. The number of methoxy groups -OCH3 is 1. The molecule has 6 heteroatoms. The Morgan fingerprint density at radius 1 is 1.57 bits per heavy atom. The summed E-state index contributed by atoms with van der Waals surface area (Å²) in [5, 5.41) is 12.4. The zero-order valence-electron chi connectivity index (χ0n) is 12.7. The van der Waals surface area contributed by atoms with Crippen molar-refractivity contribution in [2.24, 2.45) is 0 Å². The van der Waals surface area contributed by atoms with Crippen molar-refractivity contribution in [3.8, 4) is 0 Å². The molecule has 1 aromatic heterocycles. The van der Waals surface area contributed by atoms with Crippen LogP contribution >= 0.6 is 0 Å². The molecule has 0 radical (unpaired) electrons. The first-order chi connectivity index (χ1) is 9.96. The second kappa shape index (κ2) is 6.41. The zero-order valence-corrected chi connectivity index (χ0v) is 12.7. The normalized spacial score (nSPS) is 21.7. The maximum absolute atomic E-state index is 11.2. The van der Waals surface area contributed by atoms with Gasteiger partial charge in [0, 0.05) is 32.4 Å². The molecule has 1 saturated heterocycles. The highest BCUT2D eigenvalue weighted by Gasteiger charge is 2.34. The highest BCUT2D eigenvalue weighted by Crippen LogP contribution is 2.24. The first kappa shape index (κ1) is 15.7. The molecule has 116 valence electrons. The number of carbonyl (C=O) groups is 1. The van der Waals surface area contributed by atoms with E-state index in [1.54, 1.807) is 19.2 Å². The standard InChI is InChI=1S/C15H22N2O4/c1-10(2)12-6-11(14(18)19)7-13(17-12)16-8-15(20-3)4-5-21-9-15/h6-7,10H,4-5,8-9H2,1-3H3,(H,16,17)(H,18,19). The van der Waals surface area contributed by atoms with Crippen molar-refractivity contribution in [3.63, 3.8) is 0 Å². The van der Waals surface area contributed by atoms with Crippen molar-refractivity contribution < 1.29 is 19.4 Å². The number of hydrogen-bond donors (Lipinski definition) is 2. The highest BCUT2D eigenvalue weighted by molar-refractivity contribution is 5.88. The number of anilines is 1. The van der Waals surface area contributed by atoms with E-state index in [4.69, 9.17) is 9.47 Å². The van der Waals surface area contributed by atoms with Gasteiger partial charge in [0.25, 0.3) is 0 Å². The van der Waals surface area contributed by atoms with Crippen LogP contribution in [0.1, 0.15) is 42.2 Å². The summed E-state index contributed by atoms with van der Waals surface area (Å²) in [6.07, 6.45) is 0.812. The SMILES string of the molecule is COC1(CNc2cc(C(=O)O)cc(C(C)C)n2)CCOC1. The van der Waals surface area contributed by atoms with E-state index in [2.05, 4.69) is 10.3 Å². The molecule has 21 heavy (non-hydrogen) atoms. The van der Waals surface area contributed by atoms with Crippen LogP contribution in [-0.2, 0) is 9.47 Å². The molecular formula is C15H22N2O4. The Bertz CT molecular complexity index is 510. The number of nitrogens with zero attached hydrogens (tertiary/aromatic N) is 1. The van der Waals surface area contributed by atoms with Gasteiger partial charge in [0.2, 0.25) is 0 Å². The van der Waals surface area contributed by atoms with E-state index in [-0.39, 0.29) is 17.1 Å². The average Bonchev–Trinajstić information content (AvgIpc) is 2.94. The second-order valence-corrected chi connectivity index (χ2v) is 5.67. The van der Waals surface area contributed by atoms with Gasteiger partial charge >= 0.3 is 5.97 Å². The summed E-state index contributed by atoms with van der Waals surface area (Å²) in [5.41, 5.74) is 0.635. The van der Waals surface area contributed by atoms with Crippen LogP contribution in [0.25, 0.3) is 0 Å². The predicted octanol–water partition coefficient (Wildman–Crippen LogP) is 2.12. The van der Waals surface area contributed by atoms with Crippen molar-refractivity contribution in [1.29, 1.82) is 0 Å². The quantitative estimate of drug-likeness (QED) is 0.836. The smallest absolute Gasteiger partial charge is 0.335 e. The Labute approximate surface area is 124 Å². The lowest BCUT2D eigenvalue weighted by atomic mass is 10.0. The van der Waals surface area contributed by atoms with Crippen molar-refractivity contribution in [1.82, 2.24) is 4.98 Å². The Hall–Kier alpha value is -1.66. The molecule has 1 unspecified atom stereocenters. The lowest BCUT2D eigenvalue weighted by molar-refractivity contribution is -0.00625. The molecule has 2 heterocycles. The van der Waals surface area contributed by atoms with Gasteiger partial charge in [-0.2, -0.15) is 0 Å². The summed E-state index contributed by atoms with van der Waals surface area (Å²) < 4.78 is 10.9. The summed E-state index contributed by atoms with van der Waals surface area (Å²) in [4.78, 5) is 15.7. The van der Waals surface area contributed by atoms with Crippen molar-refractivity contribution in [2.75, 3.05) is 32.2 Å². The number of pyridine rings is 1. The van der Waals surface area contributed by atoms with Crippen molar-refractivity contribution in [2.45, 2.75) is 31.8 Å². The number of carboxylic acids is 1. The third-order valence-corrected chi connectivity index (χ3v) is 3.78. The third-order valence-electron chi connectivity index (χ3n) is 3.78. The van der Waals surface area contributed by atoms with E-state index < -0.39 is 5.97 Å². The van der Waals surface area contributed by atoms with Gasteiger partial charge in [-0.25, -0.2) is 9.78 Å². The Morgan fingerprint density at radius 3 is 2.86 bits per heavy atom. The van der Waals surface area contributed by atoms with Gasteiger partial charge in [-0.3, -0.25) is 0 Å². The lowest BCUT2D eigenvalue weighted by Gasteiger charge is -2.26. The van der Waals surface area contributed by atoms with Gasteiger partial charge in [0.15, 0.2) is 0 Å². The van der Waals surface area contributed by atoms with E-state index in [1.165, 1.54) is 0 Å². The van der Waals surface area contributed by atoms with E-state index in [9.17, 15) is 9.90 Å². The molecule has 0 spiro atoms. The number of nitrogens with one attached hydrogen (secondary N) is 1. The number of ether oxygens (including phenoxy) is 2. The number of carboxylic acid groups (broad SMARTS) is 1. The fraction of sp³-hybridized carbons (Fsp3) is 0.600. The van der Waals surface area contributed by atoms with Crippen LogP contribution in [0.2, 0.25) is 0 Å². The van der Waals surface area contributed by atoms with Gasteiger partial charge in [-0.05, 0) is 18.1 Å². The van der Waals surface area contributed by atoms with Crippen LogP contribution in [-0.4, -0.2) is 48.5 Å². The molecular weight excluding hydrogens is 272 g/mol. The minimum atomic E-state index is -0.951.